The van der Waals surface area contributed by atoms with Gasteiger partial charge in [0.2, 0.25) is 0 Å². The molecule has 0 fully saturated rings. The number of carboxylic acids is 1. The van der Waals surface area contributed by atoms with Crippen LogP contribution in [0.1, 0.15) is 30.8 Å². The topological polar surface area (TPSA) is 97.5 Å². The highest BCUT2D eigenvalue weighted by molar-refractivity contribution is 5.86. The van der Waals surface area contributed by atoms with Gasteiger partial charge in [0.25, 0.3) is 0 Å². The van der Waals surface area contributed by atoms with Crippen molar-refractivity contribution in [2.75, 3.05) is 30.8 Å². The molecule has 0 aliphatic carbocycles. The number of nitrogens with one attached hydrogen (secondary N) is 1. The second-order valence-electron chi connectivity index (χ2n) is 4.66. The lowest BCUT2D eigenvalue weighted by Gasteiger charge is -2.10. The molecule has 6 heteroatoms. The molecule has 0 aromatic carbocycles. The summed E-state index contributed by atoms with van der Waals surface area (Å²) in [6.07, 6.45) is 1.02. The molecule has 6 nitrogen and oxygen atoms in total. The number of rotatable bonds is 8. The standard InChI is InChI=1S/C13H21N3O3/c1-9(2)5-7-19-8-6-15-12-10(14)3-4-11(16-12)13(17)18/h3-4,9H,5-8,14H2,1-2H3,(H,15,16)(H,17,18). The first-order chi connectivity index (χ1) is 9.00. The van der Waals surface area contributed by atoms with Crippen molar-refractivity contribution >= 4 is 17.5 Å². The van der Waals surface area contributed by atoms with E-state index >= 15 is 0 Å². The largest absolute Gasteiger partial charge is 0.477 e. The van der Waals surface area contributed by atoms with Gasteiger partial charge in [0.05, 0.1) is 12.3 Å². The number of carboxylic acid groups (broad SMARTS) is 1. The molecule has 1 aromatic heterocycles. The molecule has 4 N–H and O–H groups in total. The number of nitrogen functional groups attached to an aromatic ring is 1. The fourth-order valence-electron chi connectivity index (χ4n) is 1.39. The predicted molar refractivity (Wildman–Crippen MR) is 74.4 cm³/mol. The minimum atomic E-state index is -1.07. The third-order valence-electron chi connectivity index (χ3n) is 2.52. The summed E-state index contributed by atoms with van der Waals surface area (Å²) in [5.41, 5.74) is 6.10. The molecule has 0 saturated carbocycles. The zero-order chi connectivity index (χ0) is 14.3. The Hall–Kier alpha value is -1.82. The van der Waals surface area contributed by atoms with Crippen LogP contribution < -0.4 is 11.1 Å². The van der Waals surface area contributed by atoms with Crippen LogP contribution >= 0.6 is 0 Å². The van der Waals surface area contributed by atoms with Gasteiger partial charge in [-0.3, -0.25) is 0 Å². The van der Waals surface area contributed by atoms with Crippen molar-refractivity contribution in [3.8, 4) is 0 Å². The Morgan fingerprint density at radius 1 is 1.47 bits per heavy atom. The SMILES string of the molecule is CC(C)CCOCCNc1nc(C(=O)O)ccc1N. The van der Waals surface area contributed by atoms with Gasteiger partial charge < -0.3 is 20.9 Å². The minimum absolute atomic E-state index is 0.0302. The highest BCUT2D eigenvalue weighted by atomic mass is 16.5. The van der Waals surface area contributed by atoms with E-state index < -0.39 is 5.97 Å². The molecule has 0 spiro atoms. The van der Waals surface area contributed by atoms with Crippen molar-refractivity contribution in [3.05, 3.63) is 17.8 Å². The van der Waals surface area contributed by atoms with Gasteiger partial charge in [-0.05, 0) is 24.5 Å². The van der Waals surface area contributed by atoms with E-state index in [0.29, 0.717) is 30.6 Å². The van der Waals surface area contributed by atoms with Crippen molar-refractivity contribution in [1.82, 2.24) is 4.98 Å². The van der Waals surface area contributed by atoms with Gasteiger partial charge in [0, 0.05) is 13.2 Å². The molecule has 0 radical (unpaired) electrons. The number of nitrogens with two attached hydrogens (primary N) is 1. The number of anilines is 2. The molecular weight excluding hydrogens is 246 g/mol. The normalized spacial score (nSPS) is 10.7. The van der Waals surface area contributed by atoms with Crippen LogP contribution in [-0.4, -0.2) is 35.8 Å². The molecule has 19 heavy (non-hydrogen) atoms. The van der Waals surface area contributed by atoms with Gasteiger partial charge in [-0.1, -0.05) is 13.8 Å². The highest BCUT2D eigenvalue weighted by Crippen LogP contribution is 2.15. The molecule has 0 bridgehead atoms. The van der Waals surface area contributed by atoms with Gasteiger partial charge >= 0.3 is 5.97 Å². The number of aromatic carboxylic acids is 1. The highest BCUT2D eigenvalue weighted by Gasteiger charge is 2.08. The molecule has 0 saturated heterocycles. The first-order valence-corrected chi connectivity index (χ1v) is 6.32. The van der Waals surface area contributed by atoms with Crippen LogP contribution in [-0.2, 0) is 4.74 Å². The Kier molecular flexibility index (Phi) is 6.08. The maximum atomic E-state index is 10.8. The number of ether oxygens (including phenoxy) is 1. The third kappa shape index (κ3) is 5.56. The Morgan fingerprint density at radius 2 is 2.21 bits per heavy atom. The first-order valence-electron chi connectivity index (χ1n) is 6.32. The van der Waals surface area contributed by atoms with E-state index in [-0.39, 0.29) is 5.69 Å². The summed E-state index contributed by atoms with van der Waals surface area (Å²) in [4.78, 5) is 14.7. The molecule has 0 atom stereocenters. The maximum Gasteiger partial charge on any atom is 0.354 e. The van der Waals surface area contributed by atoms with E-state index in [1.54, 1.807) is 0 Å². The van der Waals surface area contributed by atoms with Gasteiger partial charge in [0.1, 0.15) is 5.82 Å². The van der Waals surface area contributed by atoms with E-state index in [1.807, 2.05) is 0 Å². The maximum absolute atomic E-state index is 10.8. The zero-order valence-electron chi connectivity index (χ0n) is 11.3. The lowest BCUT2D eigenvalue weighted by atomic mass is 10.1. The van der Waals surface area contributed by atoms with E-state index in [4.69, 9.17) is 15.6 Å². The van der Waals surface area contributed by atoms with Crippen molar-refractivity contribution < 1.29 is 14.6 Å². The Labute approximate surface area is 113 Å². The summed E-state index contributed by atoms with van der Waals surface area (Å²) >= 11 is 0. The lowest BCUT2D eigenvalue weighted by molar-refractivity contribution is 0.0690. The zero-order valence-corrected chi connectivity index (χ0v) is 11.3. The Balaban J connectivity index is 2.36. The van der Waals surface area contributed by atoms with Crippen molar-refractivity contribution in [2.45, 2.75) is 20.3 Å². The van der Waals surface area contributed by atoms with E-state index in [9.17, 15) is 4.79 Å². The summed E-state index contributed by atoms with van der Waals surface area (Å²) in [5, 5.41) is 11.8. The van der Waals surface area contributed by atoms with Crippen LogP contribution in [0.2, 0.25) is 0 Å². The van der Waals surface area contributed by atoms with E-state index in [2.05, 4.69) is 24.1 Å². The number of hydrogen-bond acceptors (Lipinski definition) is 5. The van der Waals surface area contributed by atoms with Gasteiger partial charge in [-0.25, -0.2) is 9.78 Å². The smallest absolute Gasteiger partial charge is 0.354 e. The first kappa shape index (κ1) is 15.2. The van der Waals surface area contributed by atoms with Gasteiger partial charge in [-0.2, -0.15) is 0 Å². The van der Waals surface area contributed by atoms with Crippen molar-refractivity contribution in [2.24, 2.45) is 5.92 Å². The monoisotopic (exact) mass is 267 g/mol. The van der Waals surface area contributed by atoms with E-state index in [0.717, 1.165) is 13.0 Å². The second kappa shape index (κ2) is 7.58. The summed E-state index contributed by atoms with van der Waals surface area (Å²) in [6.45, 7) is 6.08. The summed E-state index contributed by atoms with van der Waals surface area (Å²) in [6, 6.07) is 2.90. The predicted octanol–water partition coefficient (Wildman–Crippen LogP) is 1.84. The third-order valence-corrected chi connectivity index (χ3v) is 2.52. The van der Waals surface area contributed by atoms with Crippen LogP contribution in [0.5, 0.6) is 0 Å². The van der Waals surface area contributed by atoms with Crippen molar-refractivity contribution in [3.63, 3.8) is 0 Å². The second-order valence-corrected chi connectivity index (χ2v) is 4.66. The van der Waals surface area contributed by atoms with Crippen LogP contribution in [0.3, 0.4) is 0 Å². The molecule has 1 aromatic rings. The molecule has 1 heterocycles. The van der Waals surface area contributed by atoms with E-state index in [1.165, 1.54) is 12.1 Å². The lowest BCUT2D eigenvalue weighted by Crippen LogP contribution is -2.14. The Bertz CT molecular complexity index is 422. The number of aromatic nitrogens is 1. The molecule has 106 valence electrons. The van der Waals surface area contributed by atoms with Crippen LogP contribution in [0.15, 0.2) is 12.1 Å². The van der Waals surface area contributed by atoms with Gasteiger partial charge in [0.15, 0.2) is 5.69 Å². The molecular formula is C13H21N3O3. The summed E-state index contributed by atoms with van der Waals surface area (Å²) in [5.74, 6) is -0.0684. The number of nitrogens with zero attached hydrogens (tertiary/aromatic N) is 1. The summed E-state index contributed by atoms with van der Waals surface area (Å²) < 4.78 is 5.44. The van der Waals surface area contributed by atoms with Crippen molar-refractivity contribution in [1.29, 1.82) is 0 Å². The summed E-state index contributed by atoms with van der Waals surface area (Å²) in [7, 11) is 0. The molecule has 0 unspecified atom stereocenters. The molecule has 0 aliphatic rings. The van der Waals surface area contributed by atoms with Gasteiger partial charge in [-0.15, -0.1) is 0 Å². The fourth-order valence-corrected chi connectivity index (χ4v) is 1.39. The quantitative estimate of drug-likeness (QED) is 0.622. The Morgan fingerprint density at radius 3 is 2.84 bits per heavy atom. The van der Waals surface area contributed by atoms with Crippen LogP contribution in [0.25, 0.3) is 0 Å². The number of hydrogen-bond donors (Lipinski definition) is 3. The van der Waals surface area contributed by atoms with Crippen LogP contribution in [0.4, 0.5) is 11.5 Å². The average Bonchev–Trinajstić information content (AvgIpc) is 2.34. The molecule has 1 rings (SSSR count). The minimum Gasteiger partial charge on any atom is -0.477 e. The number of pyridine rings is 1. The molecule has 0 amide bonds. The molecule has 0 aliphatic heterocycles. The fraction of sp³-hybridized carbons (Fsp3) is 0.538. The number of carbonyl (C=O) groups is 1. The average molecular weight is 267 g/mol. The van der Waals surface area contributed by atoms with Crippen LogP contribution in [0, 0.1) is 5.92 Å².